The predicted octanol–water partition coefficient (Wildman–Crippen LogP) is 1.49. The van der Waals surface area contributed by atoms with Crippen LogP contribution in [0.3, 0.4) is 0 Å². The zero-order valence-corrected chi connectivity index (χ0v) is 12.6. The average Bonchev–Trinajstić information content (AvgIpc) is 3.03. The van der Waals surface area contributed by atoms with Gasteiger partial charge < -0.3 is 15.2 Å². The Balaban J connectivity index is 2.01. The molecule has 112 valence electrons. The highest BCUT2D eigenvalue weighted by molar-refractivity contribution is 5.08. The summed E-state index contributed by atoms with van der Waals surface area (Å²) in [5, 5.41) is 0. The van der Waals surface area contributed by atoms with E-state index < -0.39 is 0 Å². The summed E-state index contributed by atoms with van der Waals surface area (Å²) in [5.41, 5.74) is 6.46. The molecule has 2 fully saturated rings. The molecule has 2 aliphatic carbocycles. The Labute approximate surface area is 117 Å². The minimum Gasteiger partial charge on any atom is -0.385 e. The molecule has 19 heavy (non-hydrogen) atoms. The van der Waals surface area contributed by atoms with Crippen molar-refractivity contribution in [3.05, 3.63) is 0 Å². The van der Waals surface area contributed by atoms with Gasteiger partial charge in [-0.05, 0) is 37.5 Å². The molecule has 2 rings (SSSR count). The lowest BCUT2D eigenvalue weighted by Crippen LogP contribution is -2.58. The van der Waals surface area contributed by atoms with Crippen molar-refractivity contribution in [3.63, 3.8) is 0 Å². The number of rotatable bonds is 9. The molecular formula is C15H30N2O2. The smallest absolute Gasteiger partial charge is 0.0589 e. The molecule has 0 saturated heterocycles. The third-order valence-corrected chi connectivity index (χ3v) is 5.27. The van der Waals surface area contributed by atoms with E-state index in [4.69, 9.17) is 15.2 Å². The van der Waals surface area contributed by atoms with E-state index in [0.717, 1.165) is 51.1 Å². The van der Waals surface area contributed by atoms with Crippen LogP contribution in [0.1, 0.15) is 32.1 Å². The summed E-state index contributed by atoms with van der Waals surface area (Å²) in [6.07, 6.45) is 6.56. The molecule has 3 atom stereocenters. The fourth-order valence-electron chi connectivity index (χ4n) is 4.34. The Kier molecular flexibility index (Phi) is 5.63. The van der Waals surface area contributed by atoms with Gasteiger partial charge in [0, 0.05) is 46.0 Å². The van der Waals surface area contributed by atoms with Gasteiger partial charge in [0.05, 0.1) is 6.61 Å². The van der Waals surface area contributed by atoms with Crippen LogP contribution in [-0.4, -0.2) is 57.5 Å². The minimum absolute atomic E-state index is 0.245. The molecule has 4 heteroatoms. The second-order valence-electron chi connectivity index (χ2n) is 6.21. The summed E-state index contributed by atoms with van der Waals surface area (Å²) in [4.78, 5) is 2.61. The standard InChI is InChI=1S/C15H30N2O2/c1-18-8-3-6-17(7-9-19-2)15(12-16)11-13-4-5-14(15)10-13/h13-14H,3-12,16H2,1-2H3. The van der Waals surface area contributed by atoms with Crippen LogP contribution in [0.4, 0.5) is 0 Å². The minimum atomic E-state index is 0.245. The first-order valence-corrected chi connectivity index (χ1v) is 7.70. The first-order chi connectivity index (χ1) is 9.26. The highest BCUT2D eigenvalue weighted by Gasteiger charge is 2.52. The van der Waals surface area contributed by atoms with Gasteiger partial charge in [-0.1, -0.05) is 6.42 Å². The number of methoxy groups -OCH3 is 2. The van der Waals surface area contributed by atoms with Crippen molar-refractivity contribution >= 4 is 0 Å². The zero-order valence-electron chi connectivity index (χ0n) is 12.6. The van der Waals surface area contributed by atoms with Gasteiger partial charge in [-0.3, -0.25) is 4.90 Å². The topological polar surface area (TPSA) is 47.7 Å². The Morgan fingerprint density at radius 3 is 2.47 bits per heavy atom. The van der Waals surface area contributed by atoms with Gasteiger partial charge in [-0.25, -0.2) is 0 Å². The highest BCUT2D eigenvalue weighted by atomic mass is 16.5. The van der Waals surface area contributed by atoms with Crippen LogP contribution in [0.25, 0.3) is 0 Å². The fraction of sp³-hybridized carbons (Fsp3) is 1.00. The van der Waals surface area contributed by atoms with Gasteiger partial charge in [0.15, 0.2) is 0 Å². The summed E-state index contributed by atoms with van der Waals surface area (Å²) >= 11 is 0. The molecule has 0 spiro atoms. The average molecular weight is 270 g/mol. The normalized spacial score (nSPS) is 33.5. The lowest BCUT2D eigenvalue weighted by Gasteiger charge is -2.46. The lowest BCUT2D eigenvalue weighted by molar-refractivity contribution is 0.0153. The van der Waals surface area contributed by atoms with Crippen LogP contribution in [0.2, 0.25) is 0 Å². The van der Waals surface area contributed by atoms with Crippen molar-refractivity contribution in [3.8, 4) is 0 Å². The van der Waals surface area contributed by atoms with Crippen molar-refractivity contribution in [1.29, 1.82) is 0 Å². The van der Waals surface area contributed by atoms with Crippen molar-refractivity contribution in [2.45, 2.75) is 37.6 Å². The molecule has 3 unspecified atom stereocenters. The van der Waals surface area contributed by atoms with Gasteiger partial charge in [-0.15, -0.1) is 0 Å². The second-order valence-corrected chi connectivity index (χ2v) is 6.21. The Hall–Kier alpha value is -0.160. The van der Waals surface area contributed by atoms with Gasteiger partial charge in [0.2, 0.25) is 0 Å². The maximum Gasteiger partial charge on any atom is 0.0589 e. The van der Waals surface area contributed by atoms with E-state index in [1.807, 2.05) is 0 Å². The quantitative estimate of drug-likeness (QED) is 0.645. The number of nitrogens with zero attached hydrogens (tertiary/aromatic N) is 1. The van der Waals surface area contributed by atoms with Crippen LogP contribution < -0.4 is 5.73 Å². The monoisotopic (exact) mass is 270 g/mol. The van der Waals surface area contributed by atoms with E-state index in [9.17, 15) is 0 Å². The number of hydrogen-bond donors (Lipinski definition) is 1. The van der Waals surface area contributed by atoms with Crippen molar-refractivity contribution in [2.75, 3.05) is 47.1 Å². The number of ether oxygens (including phenoxy) is 2. The van der Waals surface area contributed by atoms with E-state index in [1.54, 1.807) is 14.2 Å². The Bertz CT molecular complexity index is 275. The van der Waals surface area contributed by atoms with Gasteiger partial charge in [-0.2, -0.15) is 0 Å². The van der Waals surface area contributed by atoms with E-state index in [2.05, 4.69) is 4.90 Å². The van der Waals surface area contributed by atoms with Crippen LogP contribution in [0.5, 0.6) is 0 Å². The first kappa shape index (κ1) is 15.2. The number of fused-ring (bicyclic) bond motifs is 2. The van der Waals surface area contributed by atoms with Gasteiger partial charge >= 0.3 is 0 Å². The van der Waals surface area contributed by atoms with Crippen LogP contribution >= 0.6 is 0 Å². The van der Waals surface area contributed by atoms with Gasteiger partial charge in [0.1, 0.15) is 0 Å². The number of hydrogen-bond acceptors (Lipinski definition) is 4. The molecule has 0 aliphatic heterocycles. The van der Waals surface area contributed by atoms with Gasteiger partial charge in [0.25, 0.3) is 0 Å². The molecule has 0 amide bonds. The third-order valence-electron chi connectivity index (χ3n) is 5.27. The van der Waals surface area contributed by atoms with E-state index in [0.29, 0.717) is 0 Å². The van der Waals surface area contributed by atoms with Crippen molar-refractivity contribution < 1.29 is 9.47 Å². The molecule has 0 aromatic heterocycles. The molecule has 0 aromatic carbocycles. The molecule has 2 bridgehead atoms. The Morgan fingerprint density at radius 1 is 1.16 bits per heavy atom. The first-order valence-electron chi connectivity index (χ1n) is 7.70. The summed E-state index contributed by atoms with van der Waals surface area (Å²) in [7, 11) is 3.55. The maximum absolute atomic E-state index is 6.22. The van der Waals surface area contributed by atoms with Crippen LogP contribution in [-0.2, 0) is 9.47 Å². The van der Waals surface area contributed by atoms with Crippen molar-refractivity contribution in [1.82, 2.24) is 4.90 Å². The molecule has 2 N–H and O–H groups in total. The Morgan fingerprint density at radius 2 is 1.95 bits per heavy atom. The molecule has 4 nitrogen and oxygen atoms in total. The maximum atomic E-state index is 6.22. The SMILES string of the molecule is COCCCN(CCOC)C1(CN)CC2CCC1C2. The fourth-order valence-corrected chi connectivity index (χ4v) is 4.34. The van der Waals surface area contributed by atoms with Crippen LogP contribution in [0.15, 0.2) is 0 Å². The zero-order chi connectivity index (χ0) is 13.7. The summed E-state index contributed by atoms with van der Waals surface area (Å²) < 4.78 is 10.5. The van der Waals surface area contributed by atoms with Crippen LogP contribution in [0, 0.1) is 11.8 Å². The van der Waals surface area contributed by atoms with E-state index in [1.165, 1.54) is 25.7 Å². The molecular weight excluding hydrogens is 240 g/mol. The molecule has 0 radical (unpaired) electrons. The highest BCUT2D eigenvalue weighted by Crippen LogP contribution is 2.53. The molecule has 2 aliphatic rings. The summed E-state index contributed by atoms with van der Waals surface area (Å²) in [6.45, 7) is 4.51. The molecule has 0 heterocycles. The van der Waals surface area contributed by atoms with E-state index in [-0.39, 0.29) is 5.54 Å². The second kappa shape index (κ2) is 7.02. The number of nitrogens with two attached hydrogens (primary N) is 1. The lowest BCUT2D eigenvalue weighted by atomic mass is 9.79. The largest absolute Gasteiger partial charge is 0.385 e. The molecule has 2 saturated carbocycles. The summed E-state index contributed by atoms with van der Waals surface area (Å²) in [6, 6.07) is 0. The third kappa shape index (κ3) is 3.13. The molecule has 0 aromatic rings. The predicted molar refractivity (Wildman–Crippen MR) is 77.2 cm³/mol. The van der Waals surface area contributed by atoms with E-state index >= 15 is 0 Å². The van der Waals surface area contributed by atoms with Crippen molar-refractivity contribution in [2.24, 2.45) is 17.6 Å². The summed E-state index contributed by atoms with van der Waals surface area (Å²) in [5.74, 6) is 1.72.